The smallest absolute Gasteiger partial charge is 0.395 e. The Morgan fingerprint density at radius 3 is 2.67 bits per heavy atom. The first kappa shape index (κ1) is 10.9. The van der Waals surface area contributed by atoms with E-state index in [0.717, 1.165) is 11.9 Å². The number of aliphatic carboxylic acids is 1. The molecular weight excluding hydrogens is 184 g/mol. The van der Waals surface area contributed by atoms with Crippen molar-refractivity contribution in [1.29, 1.82) is 0 Å². The lowest BCUT2D eigenvalue weighted by molar-refractivity contribution is -0.149. The number of nitrogens with two attached hydrogens (primary N) is 1. The molecule has 6 nitrogen and oxygen atoms in total. The maximum Gasteiger partial charge on any atom is 0.395 e. The molecule has 0 spiro atoms. The lowest BCUT2D eigenvalue weighted by atomic mass is 10.4. The highest BCUT2D eigenvalue weighted by Crippen LogP contribution is 1.93. The fraction of sp³-hybridized carbons (Fsp3) is 0.400. The predicted molar refractivity (Wildman–Crippen MR) is 41.9 cm³/mol. The van der Waals surface area contributed by atoms with E-state index in [2.05, 4.69) is 0 Å². The summed E-state index contributed by atoms with van der Waals surface area (Å²) in [6, 6.07) is -0.816. The van der Waals surface area contributed by atoms with Crippen molar-refractivity contribution in [3.8, 4) is 0 Å². The van der Waals surface area contributed by atoms with Crippen LogP contribution in [0.15, 0.2) is 0 Å². The van der Waals surface area contributed by atoms with Crippen LogP contribution in [0.4, 0.5) is 0 Å². The Kier molecular flexibility index (Phi) is 5.06. The van der Waals surface area contributed by atoms with Crippen molar-refractivity contribution in [2.75, 3.05) is 5.75 Å². The fourth-order valence-electron chi connectivity index (χ4n) is 0.275. The summed E-state index contributed by atoms with van der Waals surface area (Å²) >= 11 is 0.754. The zero-order valence-electron chi connectivity index (χ0n) is 5.94. The topological polar surface area (TPSA) is 109 Å². The lowest BCUT2D eigenvalue weighted by Gasteiger charge is -2.01. The van der Waals surface area contributed by atoms with E-state index in [-0.39, 0.29) is 5.75 Å². The van der Waals surface area contributed by atoms with Gasteiger partial charge in [-0.25, -0.2) is 4.79 Å². The first-order chi connectivity index (χ1) is 5.57. The Hall–Kier alpha value is -1.08. The lowest BCUT2D eigenvalue weighted by Crippen LogP contribution is -2.30. The van der Waals surface area contributed by atoms with Crippen LogP contribution in [0, 0.1) is 0 Å². The minimum Gasteiger partial charge on any atom is -0.474 e. The van der Waals surface area contributed by atoms with Gasteiger partial charge in [0.25, 0.3) is 0 Å². The average Bonchev–Trinajstić information content (AvgIpc) is 2.03. The maximum atomic E-state index is 10.3. The van der Waals surface area contributed by atoms with Gasteiger partial charge >= 0.3 is 11.9 Å². The van der Waals surface area contributed by atoms with Gasteiger partial charge < -0.3 is 10.8 Å². The third-order valence-electron chi connectivity index (χ3n) is 0.773. The van der Waals surface area contributed by atoms with Gasteiger partial charge in [0.05, 0.1) is 6.04 Å². The molecule has 0 bridgehead atoms. The Morgan fingerprint density at radius 1 is 1.67 bits per heavy atom. The van der Waals surface area contributed by atoms with Gasteiger partial charge in [0, 0.05) is 5.75 Å². The third kappa shape index (κ3) is 4.69. The van der Waals surface area contributed by atoms with Gasteiger partial charge in [0.2, 0.25) is 6.29 Å². The minimum absolute atomic E-state index is 0.0997. The van der Waals surface area contributed by atoms with Gasteiger partial charge in [0.1, 0.15) is 0 Å². The monoisotopic (exact) mass is 191 g/mol. The van der Waals surface area contributed by atoms with Crippen molar-refractivity contribution >= 4 is 30.1 Å². The molecule has 0 aliphatic carbocycles. The summed E-state index contributed by atoms with van der Waals surface area (Å²) in [4.78, 5) is 30.1. The Morgan fingerprint density at radius 2 is 2.25 bits per heavy atom. The number of amides is 1. The fourth-order valence-corrected chi connectivity index (χ4v) is 0.824. The van der Waals surface area contributed by atoms with Crippen LogP contribution in [0.3, 0.4) is 0 Å². The maximum absolute atomic E-state index is 10.3. The molecule has 67 valence electrons. The number of carbonyl (C=O) groups is 2. The average molecular weight is 191 g/mol. The molecule has 1 radical (unpaired) electrons. The first-order valence-corrected chi connectivity index (χ1v) is 3.84. The van der Waals surface area contributed by atoms with Crippen LogP contribution in [0.2, 0.25) is 0 Å². The van der Waals surface area contributed by atoms with Gasteiger partial charge in [0.15, 0.2) is 0 Å². The molecule has 0 heterocycles. The number of carboxylic acid groups (broad SMARTS) is 1. The molecule has 12 heavy (non-hydrogen) atoms. The van der Waals surface area contributed by atoms with Crippen molar-refractivity contribution in [1.82, 2.24) is 4.72 Å². The van der Waals surface area contributed by atoms with Crippen molar-refractivity contribution in [3.63, 3.8) is 0 Å². The molecule has 7 heteroatoms. The molecule has 1 atom stereocenters. The van der Waals surface area contributed by atoms with E-state index in [1.165, 1.54) is 6.29 Å². The molecule has 0 aliphatic rings. The zero-order valence-corrected chi connectivity index (χ0v) is 6.76. The minimum atomic E-state index is -1.58. The Balaban J connectivity index is 3.50. The number of rotatable bonds is 4. The van der Waals surface area contributed by atoms with E-state index >= 15 is 0 Å². The van der Waals surface area contributed by atoms with Gasteiger partial charge in [-0.05, 0) is 11.9 Å². The second kappa shape index (κ2) is 5.56. The molecule has 0 aromatic heterocycles. The zero-order chi connectivity index (χ0) is 9.56. The van der Waals surface area contributed by atoms with Gasteiger partial charge in [-0.3, -0.25) is 14.3 Å². The highest BCUT2D eigenvalue weighted by atomic mass is 32.2. The Bertz CT molecular complexity index is 196. The Labute approximate surface area is 72.6 Å². The molecule has 0 saturated heterocycles. The van der Waals surface area contributed by atoms with Crippen LogP contribution in [0.1, 0.15) is 0 Å². The SMILES string of the molecule is N[C@H]([C]=O)CSNC(=O)C(=O)O. The second-order valence-corrected chi connectivity index (χ2v) is 2.60. The van der Waals surface area contributed by atoms with Crippen LogP contribution in [-0.2, 0) is 14.4 Å². The van der Waals surface area contributed by atoms with Gasteiger partial charge in [-0.15, -0.1) is 0 Å². The summed E-state index contributed by atoms with van der Waals surface area (Å²) in [5, 5.41) is 8.07. The standard InChI is InChI=1S/C5H7N2O4S/c6-3(1-8)2-12-7-4(9)5(10)11/h3H,2,6H2,(H,7,9)(H,10,11)/t3-/m1/s1. The molecular formula is C5H7N2O4S. The van der Waals surface area contributed by atoms with E-state index in [9.17, 15) is 14.4 Å². The van der Waals surface area contributed by atoms with E-state index in [4.69, 9.17) is 10.8 Å². The molecule has 1 amide bonds. The number of hydrogen-bond donors (Lipinski definition) is 3. The summed E-state index contributed by atoms with van der Waals surface area (Å²) < 4.78 is 1.97. The summed E-state index contributed by atoms with van der Waals surface area (Å²) in [6.07, 6.45) is 1.48. The highest BCUT2D eigenvalue weighted by Gasteiger charge is 2.10. The normalized spacial score (nSPS) is 11.8. The van der Waals surface area contributed by atoms with Crippen LogP contribution >= 0.6 is 11.9 Å². The van der Waals surface area contributed by atoms with E-state index < -0.39 is 17.9 Å². The van der Waals surface area contributed by atoms with E-state index in [1.807, 2.05) is 4.72 Å². The predicted octanol–water partition coefficient (Wildman–Crippen LogP) is -1.73. The number of nitrogens with one attached hydrogen (secondary N) is 1. The second-order valence-electron chi connectivity index (χ2n) is 1.77. The first-order valence-electron chi connectivity index (χ1n) is 2.86. The van der Waals surface area contributed by atoms with E-state index in [0.29, 0.717) is 0 Å². The quantitative estimate of drug-likeness (QED) is 0.360. The van der Waals surface area contributed by atoms with Crippen LogP contribution < -0.4 is 10.5 Å². The molecule has 4 N–H and O–H groups in total. The highest BCUT2D eigenvalue weighted by molar-refractivity contribution is 7.98. The summed E-state index contributed by atoms with van der Waals surface area (Å²) in [5.74, 6) is -2.62. The molecule has 0 saturated carbocycles. The van der Waals surface area contributed by atoms with Crippen molar-refractivity contribution in [2.24, 2.45) is 5.73 Å². The molecule has 0 aromatic rings. The van der Waals surface area contributed by atoms with Crippen LogP contribution in [0.25, 0.3) is 0 Å². The van der Waals surface area contributed by atoms with Crippen molar-refractivity contribution in [3.05, 3.63) is 0 Å². The van der Waals surface area contributed by atoms with Crippen molar-refractivity contribution in [2.45, 2.75) is 6.04 Å². The third-order valence-corrected chi connectivity index (χ3v) is 1.63. The number of hydrogen-bond acceptors (Lipinski definition) is 5. The van der Waals surface area contributed by atoms with Gasteiger partial charge in [-0.1, -0.05) is 0 Å². The van der Waals surface area contributed by atoms with Crippen molar-refractivity contribution < 1.29 is 19.5 Å². The van der Waals surface area contributed by atoms with Crippen LogP contribution in [0.5, 0.6) is 0 Å². The largest absolute Gasteiger partial charge is 0.474 e. The summed E-state index contributed by atoms with van der Waals surface area (Å²) in [5.41, 5.74) is 5.09. The molecule has 0 unspecified atom stereocenters. The summed E-state index contributed by atoms with van der Waals surface area (Å²) in [6.45, 7) is 0. The molecule has 0 rings (SSSR count). The summed E-state index contributed by atoms with van der Waals surface area (Å²) in [7, 11) is 0. The van der Waals surface area contributed by atoms with Gasteiger partial charge in [-0.2, -0.15) is 0 Å². The van der Waals surface area contributed by atoms with E-state index in [1.54, 1.807) is 0 Å². The molecule has 0 aromatic carbocycles. The molecule has 0 fully saturated rings. The van der Waals surface area contributed by atoms with Crippen LogP contribution in [-0.4, -0.2) is 35.1 Å². The molecule has 0 aliphatic heterocycles. The number of carbonyl (C=O) groups excluding carboxylic acids is 2. The number of carboxylic acids is 1.